The quantitative estimate of drug-likeness (QED) is 0.738. The van der Waals surface area contributed by atoms with Gasteiger partial charge in [-0.25, -0.2) is 4.98 Å². The van der Waals surface area contributed by atoms with Gasteiger partial charge in [-0.05, 0) is 26.8 Å². The lowest BCUT2D eigenvalue weighted by Gasteiger charge is -2.10. The Morgan fingerprint density at radius 2 is 2.43 bits per heavy atom. The Hall–Kier alpha value is -0.480. The highest BCUT2D eigenvalue weighted by Crippen LogP contribution is 2.17. The second kappa shape index (κ2) is 6.09. The van der Waals surface area contributed by atoms with Gasteiger partial charge in [0.05, 0.1) is 5.69 Å². The minimum Gasteiger partial charge on any atom is -0.440 e. The molecule has 1 N–H and O–H groups in total. The topological polar surface area (TPSA) is 38.1 Å². The number of rotatable bonds is 6. The molecule has 0 aliphatic rings. The van der Waals surface area contributed by atoms with E-state index in [4.69, 9.17) is 4.42 Å². The van der Waals surface area contributed by atoms with Gasteiger partial charge in [-0.15, -0.1) is 0 Å². The molecular formula is C10H18N2OS. The van der Waals surface area contributed by atoms with Crippen LogP contribution < -0.4 is 5.32 Å². The number of thioether (sulfide) groups is 1. The first-order valence-electron chi connectivity index (χ1n) is 5.00. The SMILES string of the molecule is CCCNC(C)CSc1nc(C)co1. The normalized spacial score (nSPS) is 13.1. The number of aryl methyl sites for hydroxylation is 1. The maximum absolute atomic E-state index is 5.24. The Bertz CT molecular complexity index is 262. The first kappa shape index (κ1) is 11.6. The molecule has 1 heterocycles. The second-order valence-electron chi connectivity index (χ2n) is 3.42. The second-order valence-corrected chi connectivity index (χ2v) is 4.39. The van der Waals surface area contributed by atoms with E-state index in [-0.39, 0.29) is 0 Å². The lowest BCUT2D eigenvalue weighted by molar-refractivity contribution is 0.453. The number of hydrogen-bond donors (Lipinski definition) is 1. The van der Waals surface area contributed by atoms with E-state index in [1.54, 1.807) is 18.0 Å². The smallest absolute Gasteiger partial charge is 0.255 e. The number of aromatic nitrogens is 1. The predicted molar refractivity (Wildman–Crippen MR) is 59.7 cm³/mol. The maximum atomic E-state index is 5.24. The molecule has 0 aliphatic heterocycles. The number of hydrogen-bond acceptors (Lipinski definition) is 4. The van der Waals surface area contributed by atoms with E-state index in [9.17, 15) is 0 Å². The fourth-order valence-corrected chi connectivity index (χ4v) is 1.88. The van der Waals surface area contributed by atoms with Crippen LogP contribution in [0.1, 0.15) is 26.0 Å². The zero-order chi connectivity index (χ0) is 10.4. The van der Waals surface area contributed by atoms with Gasteiger partial charge >= 0.3 is 0 Å². The summed E-state index contributed by atoms with van der Waals surface area (Å²) < 4.78 is 5.24. The minimum atomic E-state index is 0.507. The number of oxazole rings is 1. The van der Waals surface area contributed by atoms with Crippen LogP contribution >= 0.6 is 11.8 Å². The van der Waals surface area contributed by atoms with Crippen molar-refractivity contribution < 1.29 is 4.42 Å². The molecule has 14 heavy (non-hydrogen) atoms. The van der Waals surface area contributed by atoms with E-state index in [1.165, 1.54) is 6.42 Å². The monoisotopic (exact) mass is 214 g/mol. The molecule has 4 heteroatoms. The molecule has 0 spiro atoms. The molecule has 0 amide bonds. The zero-order valence-corrected chi connectivity index (χ0v) is 9.86. The van der Waals surface area contributed by atoms with Gasteiger partial charge in [0.15, 0.2) is 0 Å². The van der Waals surface area contributed by atoms with Crippen LogP contribution in [-0.2, 0) is 0 Å². The van der Waals surface area contributed by atoms with Gasteiger partial charge in [0.25, 0.3) is 5.22 Å². The summed E-state index contributed by atoms with van der Waals surface area (Å²) in [6.45, 7) is 7.36. The molecule has 1 atom stereocenters. The van der Waals surface area contributed by atoms with Crippen molar-refractivity contribution in [2.45, 2.75) is 38.5 Å². The Balaban J connectivity index is 2.20. The van der Waals surface area contributed by atoms with Gasteiger partial charge in [0, 0.05) is 11.8 Å². The van der Waals surface area contributed by atoms with Crippen molar-refractivity contribution in [3.63, 3.8) is 0 Å². The van der Waals surface area contributed by atoms with E-state index in [0.29, 0.717) is 6.04 Å². The van der Waals surface area contributed by atoms with Gasteiger partial charge in [0.2, 0.25) is 0 Å². The molecule has 0 saturated carbocycles. The average Bonchev–Trinajstić information content (AvgIpc) is 2.58. The zero-order valence-electron chi connectivity index (χ0n) is 9.04. The first-order chi connectivity index (χ1) is 6.72. The highest BCUT2D eigenvalue weighted by Gasteiger charge is 2.05. The summed E-state index contributed by atoms with van der Waals surface area (Å²) in [6.07, 6.45) is 2.86. The van der Waals surface area contributed by atoms with Crippen molar-refractivity contribution in [1.82, 2.24) is 10.3 Å². The van der Waals surface area contributed by atoms with E-state index < -0.39 is 0 Å². The van der Waals surface area contributed by atoms with Crippen molar-refractivity contribution >= 4 is 11.8 Å². The van der Waals surface area contributed by atoms with Crippen LogP contribution in [0.2, 0.25) is 0 Å². The summed E-state index contributed by atoms with van der Waals surface area (Å²) in [5.41, 5.74) is 0.946. The largest absolute Gasteiger partial charge is 0.440 e. The van der Waals surface area contributed by atoms with Crippen molar-refractivity contribution in [2.24, 2.45) is 0 Å². The third-order valence-corrected chi connectivity index (χ3v) is 2.90. The Morgan fingerprint density at radius 1 is 1.64 bits per heavy atom. The summed E-state index contributed by atoms with van der Waals surface area (Å²) in [7, 11) is 0. The number of nitrogens with one attached hydrogen (secondary N) is 1. The van der Waals surface area contributed by atoms with E-state index in [0.717, 1.165) is 23.2 Å². The highest BCUT2D eigenvalue weighted by molar-refractivity contribution is 7.99. The standard InChI is InChI=1S/C10H18N2OS/c1-4-5-11-9(3)7-14-10-12-8(2)6-13-10/h6,9,11H,4-5,7H2,1-3H3. The third-order valence-electron chi connectivity index (χ3n) is 1.80. The van der Waals surface area contributed by atoms with Gasteiger partial charge < -0.3 is 9.73 Å². The molecule has 1 rings (SSSR count). The molecule has 1 unspecified atom stereocenters. The summed E-state index contributed by atoms with van der Waals surface area (Å²) >= 11 is 1.66. The molecular weight excluding hydrogens is 196 g/mol. The van der Waals surface area contributed by atoms with Gasteiger partial charge in [-0.3, -0.25) is 0 Å². The van der Waals surface area contributed by atoms with E-state index in [2.05, 4.69) is 24.1 Å². The Labute approximate surface area is 89.7 Å². The molecule has 1 aromatic heterocycles. The fraction of sp³-hybridized carbons (Fsp3) is 0.700. The van der Waals surface area contributed by atoms with Crippen LogP contribution in [0.3, 0.4) is 0 Å². The maximum Gasteiger partial charge on any atom is 0.255 e. The van der Waals surface area contributed by atoms with E-state index in [1.807, 2.05) is 6.92 Å². The van der Waals surface area contributed by atoms with Gasteiger partial charge in [-0.1, -0.05) is 18.7 Å². The van der Waals surface area contributed by atoms with Crippen LogP contribution in [0.15, 0.2) is 15.9 Å². The summed E-state index contributed by atoms with van der Waals surface area (Å²) in [6, 6.07) is 0.507. The predicted octanol–water partition coefficient (Wildman–Crippen LogP) is 2.46. The van der Waals surface area contributed by atoms with Crippen LogP contribution in [0, 0.1) is 6.92 Å². The average molecular weight is 214 g/mol. The third kappa shape index (κ3) is 4.15. The molecule has 3 nitrogen and oxygen atoms in total. The lowest BCUT2D eigenvalue weighted by atomic mass is 10.3. The van der Waals surface area contributed by atoms with Crippen LogP contribution in [-0.4, -0.2) is 23.3 Å². The highest BCUT2D eigenvalue weighted by atomic mass is 32.2. The number of nitrogens with zero attached hydrogens (tertiary/aromatic N) is 1. The molecule has 0 aliphatic carbocycles. The Morgan fingerprint density at radius 3 is 3.00 bits per heavy atom. The fourth-order valence-electron chi connectivity index (χ4n) is 1.04. The van der Waals surface area contributed by atoms with Crippen LogP contribution in [0.25, 0.3) is 0 Å². The summed E-state index contributed by atoms with van der Waals surface area (Å²) in [4.78, 5) is 4.23. The minimum absolute atomic E-state index is 0.507. The lowest BCUT2D eigenvalue weighted by Crippen LogP contribution is -2.28. The molecule has 0 saturated heterocycles. The molecule has 0 radical (unpaired) electrons. The molecule has 1 aromatic rings. The van der Waals surface area contributed by atoms with E-state index >= 15 is 0 Å². The van der Waals surface area contributed by atoms with Gasteiger partial charge in [0.1, 0.15) is 6.26 Å². The molecule has 80 valence electrons. The van der Waals surface area contributed by atoms with Crippen molar-refractivity contribution in [2.75, 3.05) is 12.3 Å². The molecule has 0 bridgehead atoms. The molecule has 0 aromatic carbocycles. The molecule has 0 fully saturated rings. The van der Waals surface area contributed by atoms with Crippen molar-refractivity contribution in [1.29, 1.82) is 0 Å². The summed E-state index contributed by atoms with van der Waals surface area (Å²) in [5.74, 6) is 1.000. The van der Waals surface area contributed by atoms with Gasteiger partial charge in [-0.2, -0.15) is 0 Å². The van der Waals surface area contributed by atoms with Crippen molar-refractivity contribution in [3.8, 4) is 0 Å². The van der Waals surface area contributed by atoms with Crippen LogP contribution in [0.5, 0.6) is 0 Å². The van der Waals surface area contributed by atoms with Crippen LogP contribution in [0.4, 0.5) is 0 Å². The summed E-state index contributed by atoms with van der Waals surface area (Å²) in [5, 5.41) is 4.19. The Kier molecular flexibility index (Phi) is 5.04. The first-order valence-corrected chi connectivity index (χ1v) is 5.99. The van der Waals surface area contributed by atoms with Crippen molar-refractivity contribution in [3.05, 3.63) is 12.0 Å².